The molecule has 2 N–H and O–H groups in total. The summed E-state index contributed by atoms with van der Waals surface area (Å²) in [6.07, 6.45) is 1.39. The number of benzene rings is 2. The number of carbonyl (C=O) groups is 1. The molecular formula is C22H24N4O2. The van der Waals surface area contributed by atoms with Gasteiger partial charge in [-0.3, -0.25) is 4.79 Å². The van der Waals surface area contributed by atoms with Crippen LogP contribution in [0.25, 0.3) is 0 Å². The second-order valence-electron chi connectivity index (χ2n) is 6.85. The SMILES string of the molecule is CC1CN(C(=O)/C(C#N)=C\Nc2ccc(Nc3ccccc3)cc2)CC(C)O1. The Kier molecular flexibility index (Phi) is 6.30. The number of para-hydroxylation sites is 1. The van der Waals surface area contributed by atoms with Gasteiger partial charge in [0.2, 0.25) is 0 Å². The van der Waals surface area contributed by atoms with Gasteiger partial charge in [0.1, 0.15) is 11.6 Å². The van der Waals surface area contributed by atoms with Crippen LogP contribution in [0, 0.1) is 11.3 Å². The number of nitriles is 1. The second kappa shape index (κ2) is 9.07. The minimum Gasteiger partial charge on any atom is -0.372 e. The van der Waals surface area contributed by atoms with Gasteiger partial charge in [-0.1, -0.05) is 18.2 Å². The first-order valence-corrected chi connectivity index (χ1v) is 9.29. The summed E-state index contributed by atoms with van der Waals surface area (Å²) >= 11 is 0. The first-order chi connectivity index (χ1) is 13.5. The lowest BCUT2D eigenvalue weighted by Gasteiger charge is -2.35. The van der Waals surface area contributed by atoms with E-state index in [9.17, 15) is 10.1 Å². The van der Waals surface area contributed by atoms with E-state index in [2.05, 4.69) is 10.6 Å². The van der Waals surface area contributed by atoms with Gasteiger partial charge in [-0.15, -0.1) is 0 Å². The standard InChI is InChI=1S/C22H24N4O2/c1-16-14-26(15-17(2)28-16)22(27)18(12-23)13-24-19-8-10-21(11-9-19)25-20-6-4-3-5-7-20/h3-11,13,16-17,24-25H,14-15H2,1-2H3/b18-13-. The lowest BCUT2D eigenvalue weighted by Crippen LogP contribution is -2.48. The minimum absolute atomic E-state index is 0.0368. The lowest BCUT2D eigenvalue weighted by atomic mass is 10.2. The number of amides is 1. The molecule has 6 nitrogen and oxygen atoms in total. The Morgan fingerprint density at radius 1 is 1.04 bits per heavy atom. The molecule has 144 valence electrons. The van der Waals surface area contributed by atoms with Crippen molar-refractivity contribution in [2.45, 2.75) is 26.1 Å². The van der Waals surface area contributed by atoms with E-state index in [0.717, 1.165) is 17.1 Å². The predicted octanol–water partition coefficient (Wildman–Crippen LogP) is 3.89. The van der Waals surface area contributed by atoms with Crippen molar-refractivity contribution in [3.63, 3.8) is 0 Å². The number of rotatable bonds is 5. The smallest absolute Gasteiger partial charge is 0.266 e. The highest BCUT2D eigenvalue weighted by atomic mass is 16.5. The monoisotopic (exact) mass is 376 g/mol. The van der Waals surface area contributed by atoms with Gasteiger partial charge in [0.05, 0.1) is 12.2 Å². The maximum absolute atomic E-state index is 12.6. The van der Waals surface area contributed by atoms with Crippen LogP contribution in [0.3, 0.4) is 0 Å². The highest BCUT2D eigenvalue weighted by molar-refractivity contribution is 5.97. The Balaban J connectivity index is 1.62. The number of anilines is 3. The van der Waals surface area contributed by atoms with Gasteiger partial charge in [0.15, 0.2) is 0 Å². The normalized spacial score (nSPS) is 19.6. The second-order valence-corrected chi connectivity index (χ2v) is 6.85. The molecule has 2 atom stereocenters. The van der Waals surface area contributed by atoms with Crippen LogP contribution in [0.4, 0.5) is 17.1 Å². The lowest BCUT2D eigenvalue weighted by molar-refractivity contribution is -0.138. The van der Waals surface area contributed by atoms with Crippen molar-refractivity contribution in [2.75, 3.05) is 23.7 Å². The molecule has 28 heavy (non-hydrogen) atoms. The van der Waals surface area contributed by atoms with Crippen molar-refractivity contribution in [3.05, 3.63) is 66.4 Å². The molecule has 1 heterocycles. The van der Waals surface area contributed by atoms with Crippen LogP contribution in [0.1, 0.15) is 13.8 Å². The summed E-state index contributed by atoms with van der Waals surface area (Å²) in [7, 11) is 0. The highest BCUT2D eigenvalue weighted by Gasteiger charge is 2.27. The molecule has 1 aliphatic rings. The molecule has 2 aromatic carbocycles. The maximum Gasteiger partial charge on any atom is 0.266 e. The van der Waals surface area contributed by atoms with Gasteiger partial charge >= 0.3 is 0 Å². The number of ether oxygens (including phenoxy) is 1. The zero-order valence-electron chi connectivity index (χ0n) is 16.1. The van der Waals surface area contributed by atoms with Crippen LogP contribution in [-0.2, 0) is 9.53 Å². The van der Waals surface area contributed by atoms with E-state index in [1.54, 1.807) is 4.90 Å². The number of carbonyl (C=O) groups excluding carboxylic acids is 1. The number of nitrogens with zero attached hydrogens (tertiary/aromatic N) is 2. The van der Waals surface area contributed by atoms with Crippen molar-refractivity contribution < 1.29 is 9.53 Å². The number of morpholine rings is 1. The van der Waals surface area contributed by atoms with Crippen LogP contribution in [-0.4, -0.2) is 36.1 Å². The summed E-state index contributed by atoms with van der Waals surface area (Å²) in [6.45, 7) is 4.83. The minimum atomic E-state index is -0.278. The van der Waals surface area contributed by atoms with Crippen LogP contribution >= 0.6 is 0 Å². The fourth-order valence-corrected chi connectivity index (χ4v) is 3.15. The quantitative estimate of drug-likeness (QED) is 0.612. The van der Waals surface area contributed by atoms with Gasteiger partial charge < -0.3 is 20.3 Å². The molecule has 0 radical (unpaired) electrons. The summed E-state index contributed by atoms with van der Waals surface area (Å²) in [4.78, 5) is 14.3. The number of hydrogen-bond acceptors (Lipinski definition) is 5. The Bertz CT molecular complexity index is 862. The maximum atomic E-state index is 12.6. The molecule has 2 aromatic rings. The van der Waals surface area contributed by atoms with Crippen molar-refractivity contribution >= 4 is 23.0 Å². The molecule has 1 fully saturated rings. The third-order valence-corrected chi connectivity index (χ3v) is 4.39. The van der Waals surface area contributed by atoms with Gasteiger partial charge in [0.25, 0.3) is 5.91 Å². The number of nitrogens with one attached hydrogen (secondary N) is 2. The van der Waals surface area contributed by atoms with E-state index in [-0.39, 0.29) is 23.7 Å². The zero-order chi connectivity index (χ0) is 19.9. The molecule has 1 saturated heterocycles. The average molecular weight is 376 g/mol. The van der Waals surface area contributed by atoms with E-state index >= 15 is 0 Å². The molecule has 0 saturated carbocycles. The Morgan fingerprint density at radius 2 is 1.61 bits per heavy atom. The summed E-state index contributed by atoms with van der Waals surface area (Å²) in [5.41, 5.74) is 2.83. The van der Waals surface area contributed by atoms with E-state index in [1.807, 2.05) is 74.5 Å². The van der Waals surface area contributed by atoms with Crippen molar-refractivity contribution in [3.8, 4) is 6.07 Å². The van der Waals surface area contributed by atoms with Gasteiger partial charge in [-0.2, -0.15) is 5.26 Å². The van der Waals surface area contributed by atoms with Crippen molar-refractivity contribution in [1.29, 1.82) is 5.26 Å². The van der Waals surface area contributed by atoms with Gasteiger partial charge in [-0.05, 0) is 50.2 Å². The highest BCUT2D eigenvalue weighted by Crippen LogP contribution is 2.19. The topological polar surface area (TPSA) is 77.4 Å². The largest absolute Gasteiger partial charge is 0.372 e. The van der Waals surface area contributed by atoms with E-state index in [1.165, 1.54) is 6.20 Å². The average Bonchev–Trinajstić information content (AvgIpc) is 2.69. The predicted molar refractivity (Wildman–Crippen MR) is 110 cm³/mol. The number of hydrogen-bond donors (Lipinski definition) is 2. The van der Waals surface area contributed by atoms with Crippen molar-refractivity contribution in [1.82, 2.24) is 4.90 Å². The molecule has 0 aromatic heterocycles. The van der Waals surface area contributed by atoms with Crippen LogP contribution in [0.15, 0.2) is 66.4 Å². The molecule has 0 aliphatic carbocycles. The molecule has 1 aliphatic heterocycles. The Hall–Kier alpha value is -3.30. The van der Waals surface area contributed by atoms with E-state index < -0.39 is 0 Å². The molecule has 3 rings (SSSR count). The summed E-state index contributed by atoms with van der Waals surface area (Å²) < 4.78 is 5.65. The van der Waals surface area contributed by atoms with Crippen LogP contribution < -0.4 is 10.6 Å². The van der Waals surface area contributed by atoms with E-state index in [4.69, 9.17) is 4.74 Å². The summed E-state index contributed by atoms with van der Waals surface area (Å²) in [5, 5.41) is 15.7. The third-order valence-electron chi connectivity index (χ3n) is 4.39. The fraction of sp³-hybridized carbons (Fsp3) is 0.273. The first-order valence-electron chi connectivity index (χ1n) is 9.29. The van der Waals surface area contributed by atoms with E-state index in [0.29, 0.717) is 13.1 Å². The van der Waals surface area contributed by atoms with Crippen molar-refractivity contribution in [2.24, 2.45) is 0 Å². The molecule has 6 heteroatoms. The van der Waals surface area contributed by atoms with Crippen LogP contribution in [0.2, 0.25) is 0 Å². The summed E-state index contributed by atoms with van der Waals surface area (Å²) in [5.74, 6) is -0.278. The zero-order valence-corrected chi connectivity index (χ0v) is 16.1. The molecule has 2 unspecified atom stereocenters. The fourth-order valence-electron chi connectivity index (χ4n) is 3.15. The van der Waals surface area contributed by atoms with Gasteiger partial charge in [0, 0.05) is 36.4 Å². The summed E-state index contributed by atoms with van der Waals surface area (Å²) in [6, 6.07) is 19.5. The Labute approximate surface area is 165 Å². The molecule has 1 amide bonds. The van der Waals surface area contributed by atoms with Gasteiger partial charge in [-0.25, -0.2) is 0 Å². The molecular weight excluding hydrogens is 352 g/mol. The molecule has 0 bridgehead atoms. The van der Waals surface area contributed by atoms with Crippen LogP contribution in [0.5, 0.6) is 0 Å². The third kappa shape index (κ3) is 5.12. The molecule has 0 spiro atoms. The first kappa shape index (κ1) is 19.5. The Morgan fingerprint density at radius 3 is 2.21 bits per heavy atom.